The number of methoxy groups -OCH3 is 1. The first-order valence-corrected chi connectivity index (χ1v) is 12.2. The normalized spacial score (nSPS) is 17.5. The van der Waals surface area contributed by atoms with Gasteiger partial charge in [0.25, 0.3) is 6.47 Å². The zero-order valence-corrected chi connectivity index (χ0v) is 21.4. The predicted octanol–water partition coefficient (Wildman–Crippen LogP) is 3.70. The highest BCUT2D eigenvalue weighted by atomic mass is 19.4. The van der Waals surface area contributed by atoms with Crippen LogP contribution in [0.25, 0.3) is 28.1 Å². The largest absolute Gasteiger partial charge is 0.490 e. The number of alkyl halides is 3. The molecule has 208 valence electrons. The smallest absolute Gasteiger partial charge is 0.408 e. The van der Waals surface area contributed by atoms with Crippen LogP contribution in [0.3, 0.4) is 0 Å². The number of carboxylic acid groups (broad SMARTS) is 1. The van der Waals surface area contributed by atoms with E-state index in [9.17, 15) is 13.2 Å². The van der Waals surface area contributed by atoms with Crippen LogP contribution in [0.15, 0.2) is 48.7 Å². The Morgan fingerprint density at radius 1 is 1.23 bits per heavy atom. The maximum atomic E-state index is 14.2. The van der Waals surface area contributed by atoms with Gasteiger partial charge >= 0.3 is 6.18 Å². The number of pyridine rings is 2. The number of hydrogen-bond donors (Lipinski definition) is 2. The third-order valence-electron chi connectivity index (χ3n) is 6.46. The fraction of sp³-hybridized carbons (Fsp3) is 0.385. The quantitative estimate of drug-likeness (QED) is 0.334. The molecule has 4 heterocycles. The number of para-hydroxylation sites is 1. The molecule has 13 heteroatoms. The summed E-state index contributed by atoms with van der Waals surface area (Å²) < 4.78 is 55.4. The molecule has 5 rings (SSSR count). The van der Waals surface area contributed by atoms with E-state index in [4.69, 9.17) is 30.1 Å². The van der Waals surface area contributed by atoms with Crippen LogP contribution in [0.4, 0.5) is 13.2 Å². The monoisotopic (exact) mass is 546 g/mol. The zero-order chi connectivity index (χ0) is 28.2. The summed E-state index contributed by atoms with van der Waals surface area (Å²) in [7, 11) is 1.61. The summed E-state index contributed by atoms with van der Waals surface area (Å²) in [5, 5.41) is 16.1. The molecule has 0 amide bonds. The minimum atomic E-state index is -4.47. The lowest BCUT2D eigenvalue weighted by molar-refractivity contribution is -0.183. The fourth-order valence-corrected chi connectivity index (χ4v) is 4.55. The number of fused-ring (bicyclic) bond motifs is 2. The third kappa shape index (κ3) is 6.27. The van der Waals surface area contributed by atoms with Gasteiger partial charge in [-0.15, -0.1) is 10.2 Å². The molecule has 0 unspecified atom stereocenters. The van der Waals surface area contributed by atoms with Gasteiger partial charge in [0.05, 0.1) is 11.6 Å². The molecule has 0 radical (unpaired) electrons. The molecule has 1 aliphatic heterocycles. The van der Waals surface area contributed by atoms with Gasteiger partial charge in [-0.05, 0) is 37.1 Å². The number of halogens is 3. The van der Waals surface area contributed by atoms with Crippen LogP contribution in [0.1, 0.15) is 24.9 Å². The standard InChI is InChI=1S/C25H27F3N6O2.CH2O2/c1-15(35-2)14-36-21-11-20(30-19-6-4-3-5-18(19)21)24-32-31-22-8-7-16(12-34(22)24)23(25(26,27)28)33-10-9-17(29)13-33;2-1-3/h3-8,11-12,15,17,23H,9-10,13-14,29H2,1-2H3;1H,(H,2,3)/t15-,17+,23-;/m1./s1. The second-order valence-corrected chi connectivity index (χ2v) is 9.19. The maximum Gasteiger partial charge on any atom is 0.408 e. The first-order valence-electron chi connectivity index (χ1n) is 12.2. The molecule has 1 saturated heterocycles. The van der Waals surface area contributed by atoms with Gasteiger partial charge in [-0.2, -0.15) is 13.2 Å². The van der Waals surface area contributed by atoms with Gasteiger partial charge in [-0.25, -0.2) is 4.98 Å². The van der Waals surface area contributed by atoms with Crippen molar-refractivity contribution in [3.8, 4) is 17.3 Å². The van der Waals surface area contributed by atoms with Crippen molar-refractivity contribution in [2.45, 2.75) is 37.7 Å². The highest BCUT2D eigenvalue weighted by molar-refractivity contribution is 5.87. The molecule has 0 saturated carbocycles. The van der Waals surface area contributed by atoms with Crippen LogP contribution in [0.2, 0.25) is 0 Å². The number of aromatic nitrogens is 4. The molecule has 1 aliphatic rings. The van der Waals surface area contributed by atoms with Crippen molar-refractivity contribution >= 4 is 23.0 Å². The predicted molar refractivity (Wildman–Crippen MR) is 137 cm³/mol. The number of rotatable bonds is 7. The molecule has 39 heavy (non-hydrogen) atoms. The van der Waals surface area contributed by atoms with Crippen molar-refractivity contribution in [3.63, 3.8) is 0 Å². The van der Waals surface area contributed by atoms with Gasteiger partial charge in [0.2, 0.25) is 0 Å². The Kier molecular flexibility index (Phi) is 8.63. The van der Waals surface area contributed by atoms with E-state index in [2.05, 4.69) is 10.2 Å². The molecule has 0 bridgehead atoms. The molecule has 3 aromatic heterocycles. The molecule has 3 atom stereocenters. The summed E-state index contributed by atoms with van der Waals surface area (Å²) >= 11 is 0. The third-order valence-corrected chi connectivity index (χ3v) is 6.46. The zero-order valence-electron chi connectivity index (χ0n) is 21.4. The lowest BCUT2D eigenvalue weighted by Gasteiger charge is -2.30. The van der Waals surface area contributed by atoms with Crippen LogP contribution in [0, 0.1) is 0 Å². The fourth-order valence-electron chi connectivity index (χ4n) is 4.55. The molecule has 10 nitrogen and oxygen atoms in total. The summed E-state index contributed by atoms with van der Waals surface area (Å²) in [6.07, 6.45) is -2.63. The van der Waals surface area contributed by atoms with Crippen LogP contribution in [-0.2, 0) is 9.53 Å². The number of hydrogen-bond acceptors (Lipinski definition) is 8. The average molecular weight is 547 g/mol. The Hall–Kier alpha value is -3.81. The van der Waals surface area contributed by atoms with Crippen molar-refractivity contribution in [1.82, 2.24) is 24.5 Å². The lowest BCUT2D eigenvalue weighted by atomic mass is 10.1. The molecule has 0 spiro atoms. The summed E-state index contributed by atoms with van der Waals surface area (Å²) in [5.74, 6) is 0.896. The number of ether oxygens (including phenoxy) is 2. The van der Waals surface area contributed by atoms with Crippen LogP contribution in [-0.4, -0.2) is 81.2 Å². The van der Waals surface area contributed by atoms with Crippen LogP contribution < -0.4 is 10.5 Å². The number of likely N-dealkylation sites (tertiary alicyclic amines) is 1. The Bertz CT molecular complexity index is 1430. The van der Waals surface area contributed by atoms with Gasteiger partial charge < -0.3 is 20.3 Å². The van der Waals surface area contributed by atoms with E-state index < -0.39 is 12.2 Å². The van der Waals surface area contributed by atoms with E-state index >= 15 is 0 Å². The number of carbonyl (C=O) groups is 1. The van der Waals surface area contributed by atoms with E-state index in [1.807, 2.05) is 31.2 Å². The first kappa shape index (κ1) is 28.2. The highest BCUT2D eigenvalue weighted by Gasteiger charge is 2.46. The Morgan fingerprint density at radius 3 is 2.64 bits per heavy atom. The molecule has 4 aromatic rings. The number of nitrogens with two attached hydrogens (primary N) is 1. The highest BCUT2D eigenvalue weighted by Crippen LogP contribution is 2.39. The summed E-state index contributed by atoms with van der Waals surface area (Å²) in [6.45, 7) is 2.43. The van der Waals surface area contributed by atoms with Crippen LogP contribution in [0.5, 0.6) is 5.75 Å². The average Bonchev–Trinajstić information content (AvgIpc) is 3.52. The molecule has 1 aromatic carbocycles. The van der Waals surface area contributed by atoms with Gasteiger partial charge in [-0.3, -0.25) is 14.1 Å². The molecule has 0 aliphatic carbocycles. The summed E-state index contributed by atoms with van der Waals surface area (Å²) in [4.78, 5) is 14.4. The Labute approximate surface area is 222 Å². The number of benzene rings is 1. The maximum absolute atomic E-state index is 14.2. The molecular formula is C26H29F3N6O4. The first-order chi connectivity index (χ1) is 18.7. The SMILES string of the molecule is CO[C@H](C)COc1cc(-c2nnc3ccc([C@@H](N4CC[C@H](N)C4)C(F)(F)F)cn23)nc2ccccc12.O=CO. The summed E-state index contributed by atoms with van der Waals surface area (Å²) in [6, 6.07) is 10.2. The van der Waals surface area contributed by atoms with E-state index in [-0.39, 0.29) is 37.3 Å². The number of nitrogens with zero attached hydrogens (tertiary/aromatic N) is 5. The molecule has 1 fully saturated rings. The van der Waals surface area contributed by atoms with Gasteiger partial charge in [0, 0.05) is 43.9 Å². The van der Waals surface area contributed by atoms with E-state index in [1.54, 1.807) is 23.6 Å². The second-order valence-electron chi connectivity index (χ2n) is 9.19. The van der Waals surface area contributed by atoms with E-state index in [0.717, 1.165) is 5.39 Å². The van der Waals surface area contributed by atoms with Crippen molar-refractivity contribution in [2.75, 3.05) is 26.8 Å². The van der Waals surface area contributed by atoms with Gasteiger partial charge in [0.1, 0.15) is 24.1 Å². The van der Waals surface area contributed by atoms with Gasteiger partial charge in [0.15, 0.2) is 11.5 Å². The minimum absolute atomic E-state index is 0.0938. The topological polar surface area (TPSA) is 128 Å². The Balaban J connectivity index is 0.00000112. The van der Waals surface area contributed by atoms with E-state index in [1.165, 1.54) is 17.2 Å². The molecule has 3 N–H and O–H groups in total. The second kappa shape index (κ2) is 11.9. The van der Waals surface area contributed by atoms with E-state index in [0.29, 0.717) is 41.5 Å². The van der Waals surface area contributed by atoms with Crippen LogP contribution >= 0.6 is 0 Å². The van der Waals surface area contributed by atoms with Crippen molar-refractivity contribution in [1.29, 1.82) is 0 Å². The van der Waals surface area contributed by atoms with Crippen molar-refractivity contribution in [3.05, 3.63) is 54.2 Å². The Morgan fingerprint density at radius 2 is 1.97 bits per heavy atom. The molecular weight excluding hydrogens is 517 g/mol. The van der Waals surface area contributed by atoms with Gasteiger partial charge in [-0.1, -0.05) is 18.2 Å². The van der Waals surface area contributed by atoms with Crippen molar-refractivity contribution in [2.24, 2.45) is 5.73 Å². The lowest BCUT2D eigenvalue weighted by Crippen LogP contribution is -2.38. The minimum Gasteiger partial charge on any atom is -0.490 e. The summed E-state index contributed by atoms with van der Waals surface area (Å²) in [5.41, 5.74) is 7.52. The van der Waals surface area contributed by atoms with Crippen molar-refractivity contribution < 1.29 is 32.5 Å².